The summed E-state index contributed by atoms with van der Waals surface area (Å²) in [4.78, 5) is 11.0. The Bertz CT molecular complexity index is 634. The second kappa shape index (κ2) is 4.10. The van der Waals surface area contributed by atoms with E-state index in [-0.39, 0.29) is 10.4 Å². The van der Waals surface area contributed by atoms with Crippen molar-refractivity contribution in [2.45, 2.75) is 24.7 Å². The second-order valence-electron chi connectivity index (χ2n) is 4.79. The van der Waals surface area contributed by atoms with Gasteiger partial charge in [-0.15, -0.1) is 0 Å². The van der Waals surface area contributed by atoms with E-state index in [1.165, 1.54) is 6.42 Å². The Hall–Kier alpha value is -1.33. The Morgan fingerprint density at radius 3 is 2.83 bits per heavy atom. The van der Waals surface area contributed by atoms with E-state index in [9.17, 15) is 4.79 Å². The number of hydrogen-bond acceptors (Lipinski definition) is 5. The molecule has 1 aliphatic rings. The quantitative estimate of drug-likeness (QED) is 0.924. The highest BCUT2D eigenvalue weighted by molar-refractivity contribution is 7.16. The molecule has 0 radical (unpaired) electrons. The van der Waals surface area contributed by atoms with Gasteiger partial charge in [0.25, 0.3) is 0 Å². The van der Waals surface area contributed by atoms with Crippen molar-refractivity contribution in [2.24, 2.45) is 5.73 Å². The third-order valence-electron chi connectivity index (χ3n) is 3.93. The molecule has 0 unspecified atom stereocenters. The highest BCUT2D eigenvalue weighted by Gasteiger charge is 2.39. The van der Waals surface area contributed by atoms with Crippen molar-refractivity contribution in [3.8, 4) is 5.75 Å². The van der Waals surface area contributed by atoms with Gasteiger partial charge >= 0.3 is 4.94 Å². The standard InChI is InChI=1S/C13H15NO3S/c1-16-9-6-11-10(17-12(15)18-11)5-8(9)13(7-14)3-2-4-13/h5-6H,2-4,7,14H2,1H3. The zero-order chi connectivity index (χ0) is 12.8. The predicted molar refractivity (Wildman–Crippen MR) is 71.5 cm³/mol. The number of fused-ring (bicyclic) bond motifs is 1. The molecule has 2 aromatic rings. The second-order valence-corrected chi connectivity index (χ2v) is 5.77. The summed E-state index contributed by atoms with van der Waals surface area (Å²) in [5.74, 6) is 0.810. The molecule has 1 saturated carbocycles. The molecule has 0 aliphatic heterocycles. The van der Waals surface area contributed by atoms with E-state index < -0.39 is 0 Å². The van der Waals surface area contributed by atoms with E-state index in [0.717, 1.165) is 40.2 Å². The van der Waals surface area contributed by atoms with Crippen molar-refractivity contribution in [1.82, 2.24) is 0 Å². The molecule has 1 aliphatic carbocycles. The van der Waals surface area contributed by atoms with Crippen LogP contribution in [-0.2, 0) is 5.41 Å². The summed E-state index contributed by atoms with van der Waals surface area (Å²) < 4.78 is 11.5. The zero-order valence-corrected chi connectivity index (χ0v) is 11.0. The molecule has 0 spiro atoms. The summed E-state index contributed by atoms with van der Waals surface area (Å²) in [5.41, 5.74) is 7.64. The topological polar surface area (TPSA) is 65.5 Å². The van der Waals surface area contributed by atoms with Gasteiger partial charge in [0.2, 0.25) is 0 Å². The van der Waals surface area contributed by atoms with E-state index in [2.05, 4.69) is 0 Å². The van der Waals surface area contributed by atoms with E-state index in [1.807, 2.05) is 12.1 Å². The van der Waals surface area contributed by atoms with Crippen LogP contribution in [0.25, 0.3) is 10.3 Å². The Morgan fingerprint density at radius 2 is 2.28 bits per heavy atom. The van der Waals surface area contributed by atoms with Crippen LogP contribution < -0.4 is 15.4 Å². The first-order chi connectivity index (χ1) is 8.68. The smallest absolute Gasteiger partial charge is 0.396 e. The predicted octanol–water partition coefficient (Wildman–Crippen LogP) is 2.24. The van der Waals surface area contributed by atoms with Crippen molar-refractivity contribution >= 4 is 21.6 Å². The van der Waals surface area contributed by atoms with Gasteiger partial charge in [-0.3, -0.25) is 0 Å². The van der Waals surface area contributed by atoms with Crippen LogP contribution in [0.15, 0.2) is 21.3 Å². The summed E-state index contributed by atoms with van der Waals surface area (Å²) in [6.45, 7) is 0.600. The molecule has 18 heavy (non-hydrogen) atoms. The van der Waals surface area contributed by atoms with E-state index in [4.69, 9.17) is 14.9 Å². The Morgan fingerprint density at radius 1 is 1.50 bits per heavy atom. The van der Waals surface area contributed by atoms with E-state index in [0.29, 0.717) is 12.1 Å². The lowest BCUT2D eigenvalue weighted by Crippen LogP contribution is -2.41. The first-order valence-corrected chi connectivity index (χ1v) is 6.82. The lowest BCUT2D eigenvalue weighted by atomic mass is 9.64. The van der Waals surface area contributed by atoms with Gasteiger partial charge in [-0.2, -0.15) is 0 Å². The fourth-order valence-electron chi connectivity index (χ4n) is 2.67. The molecule has 3 rings (SSSR count). The van der Waals surface area contributed by atoms with Crippen molar-refractivity contribution < 1.29 is 9.15 Å². The average Bonchev–Trinajstić information content (AvgIpc) is 2.66. The number of ether oxygens (including phenoxy) is 1. The molecule has 4 nitrogen and oxygen atoms in total. The molecule has 5 heteroatoms. The van der Waals surface area contributed by atoms with Gasteiger partial charge in [-0.25, -0.2) is 4.79 Å². The Kier molecular flexibility index (Phi) is 2.68. The molecule has 2 N–H and O–H groups in total. The zero-order valence-electron chi connectivity index (χ0n) is 10.2. The van der Waals surface area contributed by atoms with E-state index >= 15 is 0 Å². The van der Waals surface area contributed by atoms with E-state index in [1.54, 1.807) is 7.11 Å². The minimum Gasteiger partial charge on any atom is -0.496 e. The maximum Gasteiger partial charge on any atom is 0.396 e. The first kappa shape index (κ1) is 11.7. The van der Waals surface area contributed by atoms with Gasteiger partial charge in [0, 0.05) is 23.6 Å². The minimum atomic E-state index is -0.278. The Balaban J connectivity index is 2.23. The summed E-state index contributed by atoms with van der Waals surface area (Å²) in [6.07, 6.45) is 3.32. The Labute approximate surface area is 108 Å². The number of methoxy groups -OCH3 is 1. The third-order valence-corrected chi connectivity index (χ3v) is 4.71. The number of hydrogen-bond donors (Lipinski definition) is 1. The third kappa shape index (κ3) is 1.58. The number of nitrogens with two attached hydrogens (primary N) is 1. The molecule has 1 aromatic heterocycles. The molecule has 1 fully saturated rings. The maximum atomic E-state index is 11.3. The fraction of sp³-hybridized carbons (Fsp3) is 0.462. The van der Waals surface area contributed by atoms with Gasteiger partial charge in [0.15, 0.2) is 0 Å². The first-order valence-electron chi connectivity index (χ1n) is 6.01. The maximum absolute atomic E-state index is 11.3. The largest absolute Gasteiger partial charge is 0.496 e. The van der Waals surface area contributed by atoms with Crippen molar-refractivity contribution in [1.29, 1.82) is 0 Å². The summed E-state index contributed by atoms with van der Waals surface area (Å²) in [7, 11) is 1.65. The monoisotopic (exact) mass is 265 g/mol. The minimum absolute atomic E-state index is 0.0000373. The van der Waals surface area contributed by atoms with Crippen LogP contribution in [0.1, 0.15) is 24.8 Å². The lowest BCUT2D eigenvalue weighted by molar-refractivity contribution is 0.243. The van der Waals surface area contributed by atoms with Gasteiger partial charge in [0.05, 0.1) is 11.8 Å². The van der Waals surface area contributed by atoms with Crippen LogP contribution in [0, 0.1) is 0 Å². The van der Waals surface area contributed by atoms with Crippen molar-refractivity contribution in [2.75, 3.05) is 13.7 Å². The van der Waals surface area contributed by atoms with Crippen LogP contribution in [0.5, 0.6) is 5.75 Å². The molecule has 1 heterocycles. The molecule has 0 saturated heterocycles. The molecule has 0 amide bonds. The van der Waals surface area contributed by atoms with Gasteiger partial charge in [0.1, 0.15) is 11.3 Å². The highest BCUT2D eigenvalue weighted by atomic mass is 32.1. The molecule has 1 aromatic carbocycles. The van der Waals surface area contributed by atoms with Crippen LogP contribution in [-0.4, -0.2) is 13.7 Å². The SMILES string of the molecule is COc1cc2sc(=O)oc2cc1C1(CN)CCC1. The van der Waals surface area contributed by atoms with Crippen LogP contribution >= 0.6 is 11.3 Å². The van der Waals surface area contributed by atoms with Crippen molar-refractivity contribution in [3.63, 3.8) is 0 Å². The normalized spacial score (nSPS) is 17.7. The highest BCUT2D eigenvalue weighted by Crippen LogP contribution is 2.47. The summed E-state index contributed by atoms with van der Waals surface area (Å²) in [5, 5.41) is 0. The van der Waals surface area contributed by atoms with Crippen molar-refractivity contribution in [3.05, 3.63) is 27.4 Å². The van der Waals surface area contributed by atoms with Gasteiger partial charge in [-0.05, 0) is 18.9 Å². The number of benzene rings is 1. The fourth-order valence-corrected chi connectivity index (χ4v) is 3.35. The van der Waals surface area contributed by atoms with Gasteiger partial charge < -0.3 is 14.9 Å². The summed E-state index contributed by atoms with van der Waals surface area (Å²) in [6, 6.07) is 3.81. The van der Waals surface area contributed by atoms with Crippen LogP contribution in [0.2, 0.25) is 0 Å². The molecular formula is C13H15NO3S. The average molecular weight is 265 g/mol. The lowest BCUT2D eigenvalue weighted by Gasteiger charge is -2.42. The molecule has 96 valence electrons. The number of rotatable bonds is 3. The summed E-state index contributed by atoms with van der Waals surface area (Å²) >= 11 is 1.10. The molecule has 0 atom stereocenters. The molecular weight excluding hydrogens is 250 g/mol. The van der Waals surface area contributed by atoms with Gasteiger partial charge in [-0.1, -0.05) is 17.8 Å². The van der Waals surface area contributed by atoms with Crippen LogP contribution in [0.3, 0.4) is 0 Å². The molecule has 0 bridgehead atoms. The van der Waals surface area contributed by atoms with Crippen LogP contribution in [0.4, 0.5) is 0 Å².